The van der Waals surface area contributed by atoms with E-state index < -0.39 is 21.3 Å². The van der Waals surface area contributed by atoms with E-state index in [2.05, 4.69) is 5.32 Å². The summed E-state index contributed by atoms with van der Waals surface area (Å²) in [7, 11) is -3.68. The minimum Gasteiger partial charge on any atom is -0.384 e. The van der Waals surface area contributed by atoms with Crippen LogP contribution in [0.3, 0.4) is 0 Å². The zero-order valence-electron chi connectivity index (χ0n) is 10.3. The fourth-order valence-corrected chi connectivity index (χ4v) is 1.69. The lowest BCUT2D eigenvalue weighted by Gasteiger charge is -2.21. The van der Waals surface area contributed by atoms with Crippen molar-refractivity contribution >= 4 is 21.6 Å². The van der Waals surface area contributed by atoms with Crippen molar-refractivity contribution in [2.45, 2.75) is 18.7 Å². The van der Waals surface area contributed by atoms with E-state index >= 15 is 0 Å². The molecule has 0 saturated carbocycles. The molecule has 1 amide bonds. The summed E-state index contributed by atoms with van der Waals surface area (Å²) in [6.07, 6.45) is 0. The second-order valence-electron chi connectivity index (χ2n) is 4.67. The van der Waals surface area contributed by atoms with Gasteiger partial charge in [-0.1, -0.05) is 0 Å². The maximum Gasteiger partial charge on any atom is 0.238 e. The largest absolute Gasteiger partial charge is 0.384 e. The van der Waals surface area contributed by atoms with Crippen LogP contribution in [-0.4, -0.2) is 20.9 Å². The van der Waals surface area contributed by atoms with Gasteiger partial charge in [-0.2, -0.15) is 0 Å². The zero-order valence-corrected chi connectivity index (χ0v) is 11.1. The Bertz CT molecular complexity index is 535. The zero-order chi connectivity index (χ0) is 14.0. The van der Waals surface area contributed by atoms with E-state index in [4.69, 9.17) is 10.9 Å². The molecular weight excluding hydrogens is 254 g/mol. The van der Waals surface area contributed by atoms with Crippen molar-refractivity contribution in [1.29, 1.82) is 0 Å². The molecule has 0 saturated heterocycles. The molecule has 0 spiro atoms. The summed E-state index contributed by atoms with van der Waals surface area (Å²) in [6.45, 7) is 3.80. The van der Waals surface area contributed by atoms with Gasteiger partial charge in [0.1, 0.15) is 0 Å². The number of nitrogens with two attached hydrogens (primary N) is 2. The van der Waals surface area contributed by atoms with Gasteiger partial charge in [-0.3, -0.25) is 4.79 Å². The lowest BCUT2D eigenvalue weighted by Crippen LogP contribution is -2.37. The van der Waals surface area contributed by atoms with Crippen LogP contribution >= 0.6 is 0 Å². The van der Waals surface area contributed by atoms with Crippen LogP contribution in [0, 0.1) is 5.41 Å². The van der Waals surface area contributed by atoms with Crippen LogP contribution in [0.15, 0.2) is 29.2 Å². The minimum absolute atomic E-state index is 0.0437. The van der Waals surface area contributed by atoms with Crippen molar-refractivity contribution in [2.24, 2.45) is 16.3 Å². The number of carbonyl (C=O) groups excluding carboxylic acids is 1. The highest BCUT2D eigenvalue weighted by atomic mass is 32.2. The van der Waals surface area contributed by atoms with Crippen LogP contribution in [0.1, 0.15) is 13.8 Å². The predicted octanol–water partition coefficient (Wildman–Crippen LogP) is 0.257. The van der Waals surface area contributed by atoms with Crippen molar-refractivity contribution in [3.05, 3.63) is 24.3 Å². The molecule has 0 unspecified atom stereocenters. The van der Waals surface area contributed by atoms with Crippen LogP contribution in [0.4, 0.5) is 5.69 Å². The molecule has 0 radical (unpaired) electrons. The Morgan fingerprint density at radius 1 is 1.28 bits per heavy atom. The summed E-state index contributed by atoms with van der Waals surface area (Å²) < 4.78 is 22.1. The van der Waals surface area contributed by atoms with Gasteiger partial charge in [0, 0.05) is 12.2 Å². The molecule has 0 bridgehead atoms. The molecule has 0 heterocycles. The predicted molar refractivity (Wildman–Crippen MR) is 69.3 cm³/mol. The fraction of sp³-hybridized carbons (Fsp3) is 0.364. The molecule has 5 N–H and O–H groups in total. The van der Waals surface area contributed by atoms with Gasteiger partial charge in [0.15, 0.2) is 0 Å². The van der Waals surface area contributed by atoms with Gasteiger partial charge in [0.25, 0.3) is 0 Å². The number of rotatable bonds is 5. The van der Waals surface area contributed by atoms with Gasteiger partial charge < -0.3 is 11.1 Å². The number of hydrogen-bond acceptors (Lipinski definition) is 4. The third-order valence-corrected chi connectivity index (χ3v) is 3.51. The molecule has 1 rings (SSSR count). The number of carbonyl (C=O) groups is 1. The average Bonchev–Trinajstić information content (AvgIpc) is 2.25. The van der Waals surface area contributed by atoms with Crippen molar-refractivity contribution < 1.29 is 13.2 Å². The first-order valence-corrected chi connectivity index (χ1v) is 6.84. The molecule has 1 aromatic carbocycles. The summed E-state index contributed by atoms with van der Waals surface area (Å²) in [5.74, 6) is -0.406. The highest BCUT2D eigenvalue weighted by Crippen LogP contribution is 2.17. The van der Waals surface area contributed by atoms with Crippen molar-refractivity contribution in [2.75, 3.05) is 11.9 Å². The smallest absolute Gasteiger partial charge is 0.238 e. The van der Waals surface area contributed by atoms with Crippen molar-refractivity contribution in [1.82, 2.24) is 0 Å². The van der Waals surface area contributed by atoms with Gasteiger partial charge in [0.2, 0.25) is 15.9 Å². The number of benzene rings is 1. The second-order valence-corrected chi connectivity index (χ2v) is 6.23. The van der Waals surface area contributed by atoms with Crippen LogP contribution in [0.25, 0.3) is 0 Å². The minimum atomic E-state index is -3.68. The standard InChI is InChI=1S/C11H17N3O3S/c1-11(2,10(12)15)7-14-8-3-5-9(6-4-8)18(13,16)17/h3-6,14H,7H2,1-2H3,(H2,12,15)(H2,13,16,17). The maximum atomic E-state index is 11.1. The molecule has 0 aromatic heterocycles. The maximum absolute atomic E-state index is 11.1. The van der Waals surface area contributed by atoms with Gasteiger partial charge >= 0.3 is 0 Å². The third kappa shape index (κ3) is 3.71. The topological polar surface area (TPSA) is 115 Å². The van der Waals surface area contributed by atoms with E-state index in [1.165, 1.54) is 12.1 Å². The van der Waals surface area contributed by atoms with Crippen molar-refractivity contribution in [3.8, 4) is 0 Å². The molecule has 18 heavy (non-hydrogen) atoms. The fourth-order valence-electron chi connectivity index (χ4n) is 1.17. The summed E-state index contributed by atoms with van der Waals surface area (Å²) in [4.78, 5) is 11.2. The van der Waals surface area contributed by atoms with Gasteiger partial charge in [-0.25, -0.2) is 13.6 Å². The number of primary amides is 1. The van der Waals surface area contributed by atoms with Crippen molar-refractivity contribution in [3.63, 3.8) is 0 Å². The lowest BCUT2D eigenvalue weighted by molar-refractivity contribution is -0.125. The molecule has 0 fully saturated rings. The Labute approximate surface area is 106 Å². The van der Waals surface area contributed by atoms with E-state index in [-0.39, 0.29) is 4.90 Å². The lowest BCUT2D eigenvalue weighted by atomic mass is 9.93. The van der Waals surface area contributed by atoms with Gasteiger partial charge in [-0.05, 0) is 38.1 Å². The van der Waals surface area contributed by atoms with E-state index in [1.807, 2.05) is 0 Å². The van der Waals surface area contributed by atoms with Crippen LogP contribution < -0.4 is 16.2 Å². The summed E-state index contributed by atoms with van der Waals surface area (Å²) in [5, 5.41) is 7.99. The number of sulfonamides is 1. The van der Waals surface area contributed by atoms with E-state index in [0.717, 1.165) is 0 Å². The molecule has 0 atom stereocenters. The first-order chi connectivity index (χ1) is 8.13. The van der Waals surface area contributed by atoms with E-state index in [9.17, 15) is 13.2 Å². The molecule has 0 aliphatic heterocycles. The number of hydrogen-bond donors (Lipinski definition) is 3. The number of nitrogens with one attached hydrogen (secondary N) is 1. The molecule has 0 aliphatic rings. The normalized spacial score (nSPS) is 12.2. The molecule has 100 valence electrons. The summed E-state index contributed by atoms with van der Waals surface area (Å²) in [5.41, 5.74) is 5.25. The van der Waals surface area contributed by atoms with Gasteiger partial charge in [0.05, 0.1) is 10.3 Å². The van der Waals surface area contributed by atoms with E-state index in [0.29, 0.717) is 12.2 Å². The Kier molecular flexibility index (Phi) is 3.98. The first-order valence-electron chi connectivity index (χ1n) is 5.29. The van der Waals surface area contributed by atoms with Gasteiger partial charge in [-0.15, -0.1) is 0 Å². The highest BCUT2D eigenvalue weighted by molar-refractivity contribution is 7.89. The Morgan fingerprint density at radius 2 is 1.78 bits per heavy atom. The molecule has 7 heteroatoms. The number of primary sulfonamides is 1. The molecule has 0 aliphatic carbocycles. The van der Waals surface area contributed by atoms with E-state index in [1.54, 1.807) is 26.0 Å². The van der Waals surface area contributed by atoms with Crippen LogP contribution in [0.2, 0.25) is 0 Å². The average molecular weight is 271 g/mol. The first kappa shape index (κ1) is 14.5. The summed E-state index contributed by atoms with van der Waals surface area (Å²) in [6, 6.07) is 5.96. The number of amides is 1. The Hall–Kier alpha value is -1.60. The Morgan fingerprint density at radius 3 is 2.17 bits per heavy atom. The Balaban J connectivity index is 2.74. The number of anilines is 1. The second kappa shape index (κ2) is 4.95. The van der Waals surface area contributed by atoms with Crippen LogP contribution in [0.5, 0.6) is 0 Å². The SMILES string of the molecule is CC(C)(CNc1ccc(S(N)(=O)=O)cc1)C(N)=O. The third-order valence-electron chi connectivity index (χ3n) is 2.58. The quantitative estimate of drug-likeness (QED) is 0.712. The monoisotopic (exact) mass is 271 g/mol. The summed E-state index contributed by atoms with van der Waals surface area (Å²) >= 11 is 0. The highest BCUT2D eigenvalue weighted by Gasteiger charge is 2.24. The molecule has 6 nitrogen and oxygen atoms in total. The molecular formula is C11H17N3O3S. The molecule has 1 aromatic rings. The van der Waals surface area contributed by atoms with Crippen LogP contribution in [-0.2, 0) is 14.8 Å².